The molecule has 0 saturated carbocycles. The molecule has 1 aliphatic rings. The van der Waals surface area contributed by atoms with Crippen LogP contribution in [-0.2, 0) is 10.8 Å². The number of hydrogen-bond acceptors (Lipinski definition) is 4. The van der Waals surface area contributed by atoms with Crippen LogP contribution in [0.3, 0.4) is 0 Å². The van der Waals surface area contributed by atoms with Crippen LogP contribution in [0.5, 0.6) is 0 Å². The van der Waals surface area contributed by atoms with Crippen LogP contribution in [0.1, 0.15) is 12.1 Å². The van der Waals surface area contributed by atoms with E-state index in [1.165, 1.54) is 0 Å². The first-order chi connectivity index (χ1) is 7.63. The van der Waals surface area contributed by atoms with Crippen molar-refractivity contribution in [1.29, 1.82) is 0 Å². The van der Waals surface area contributed by atoms with Gasteiger partial charge >= 0.3 is 6.03 Å². The molecule has 6 nitrogen and oxygen atoms in total. The van der Waals surface area contributed by atoms with Crippen LogP contribution in [0, 0.1) is 6.92 Å². The van der Waals surface area contributed by atoms with Gasteiger partial charge in [0.1, 0.15) is 0 Å². The van der Waals surface area contributed by atoms with Crippen molar-refractivity contribution in [3.05, 3.63) is 11.8 Å². The van der Waals surface area contributed by atoms with Crippen molar-refractivity contribution >= 4 is 22.7 Å². The summed E-state index contributed by atoms with van der Waals surface area (Å²) in [5.41, 5.74) is 0.706. The van der Waals surface area contributed by atoms with Gasteiger partial charge < -0.3 is 9.84 Å². The summed E-state index contributed by atoms with van der Waals surface area (Å²) in [5.74, 6) is 1.50. The number of aromatic nitrogens is 1. The number of nitrogens with zero attached hydrogens (tertiary/aromatic N) is 1. The Morgan fingerprint density at radius 1 is 1.69 bits per heavy atom. The van der Waals surface area contributed by atoms with Crippen LogP contribution in [0.25, 0.3) is 0 Å². The van der Waals surface area contributed by atoms with E-state index in [1.54, 1.807) is 13.0 Å². The molecule has 1 aromatic heterocycles. The second kappa shape index (κ2) is 4.65. The molecule has 88 valence electrons. The Hall–Kier alpha value is -1.37. The van der Waals surface area contributed by atoms with E-state index in [-0.39, 0.29) is 12.1 Å². The van der Waals surface area contributed by atoms with Crippen LogP contribution in [-0.4, -0.2) is 32.9 Å². The smallest absolute Gasteiger partial charge is 0.321 e. The summed E-state index contributed by atoms with van der Waals surface area (Å²) < 4.78 is 15.9. The highest BCUT2D eigenvalue weighted by Crippen LogP contribution is 2.10. The number of carbonyl (C=O) groups excluding carboxylic acids is 1. The van der Waals surface area contributed by atoms with Crippen molar-refractivity contribution in [1.82, 2.24) is 10.5 Å². The predicted molar refractivity (Wildman–Crippen MR) is 59.7 cm³/mol. The molecule has 2 heterocycles. The van der Waals surface area contributed by atoms with Crippen molar-refractivity contribution in [2.45, 2.75) is 19.4 Å². The summed E-state index contributed by atoms with van der Waals surface area (Å²) in [5, 5.41) is 8.91. The highest BCUT2D eigenvalue weighted by atomic mass is 32.2. The first kappa shape index (κ1) is 11.1. The van der Waals surface area contributed by atoms with Gasteiger partial charge in [-0.2, -0.15) is 0 Å². The summed E-state index contributed by atoms with van der Waals surface area (Å²) in [6.07, 6.45) is 0.759. The number of urea groups is 1. The molecule has 7 heteroatoms. The third kappa shape index (κ3) is 2.82. The Kier molecular flexibility index (Phi) is 3.23. The van der Waals surface area contributed by atoms with Gasteiger partial charge in [0, 0.05) is 34.4 Å². The maximum absolute atomic E-state index is 11.5. The molecule has 0 aromatic carbocycles. The molecular weight excluding hydrogens is 230 g/mol. The van der Waals surface area contributed by atoms with E-state index in [9.17, 15) is 9.00 Å². The number of nitrogens with one attached hydrogen (secondary N) is 2. The molecule has 0 radical (unpaired) electrons. The highest BCUT2D eigenvalue weighted by molar-refractivity contribution is 7.85. The average Bonchev–Trinajstić information content (AvgIpc) is 2.76. The highest BCUT2D eigenvalue weighted by Gasteiger charge is 2.22. The summed E-state index contributed by atoms with van der Waals surface area (Å²) in [7, 11) is -0.790. The zero-order valence-electron chi connectivity index (χ0n) is 8.86. The minimum atomic E-state index is -0.790. The van der Waals surface area contributed by atoms with Gasteiger partial charge in [-0.1, -0.05) is 5.16 Å². The number of rotatable bonds is 2. The first-order valence-electron chi connectivity index (χ1n) is 4.99. The summed E-state index contributed by atoms with van der Waals surface area (Å²) in [4.78, 5) is 11.5. The van der Waals surface area contributed by atoms with Gasteiger partial charge in [-0.25, -0.2) is 4.79 Å². The summed E-state index contributed by atoms with van der Waals surface area (Å²) in [6.45, 7) is 1.77. The van der Waals surface area contributed by atoms with Crippen LogP contribution < -0.4 is 10.6 Å². The van der Waals surface area contributed by atoms with E-state index in [4.69, 9.17) is 4.52 Å². The lowest BCUT2D eigenvalue weighted by Crippen LogP contribution is -2.38. The number of anilines is 1. The Balaban J connectivity index is 1.82. The fourth-order valence-corrected chi connectivity index (χ4v) is 2.95. The number of hydrogen-bond donors (Lipinski definition) is 2. The number of amides is 2. The molecule has 16 heavy (non-hydrogen) atoms. The molecule has 1 aliphatic heterocycles. The lowest BCUT2D eigenvalue weighted by Gasteiger charge is -2.10. The predicted octanol–water partition coefficient (Wildman–Crippen LogP) is 0.626. The third-order valence-corrected chi connectivity index (χ3v) is 3.75. The molecule has 2 unspecified atom stereocenters. The molecule has 2 amide bonds. The largest absolute Gasteiger partial charge is 0.338 e. The normalized spacial score (nSPS) is 24.3. The molecule has 2 atom stereocenters. The lowest BCUT2D eigenvalue weighted by molar-refractivity contribution is 0.248. The van der Waals surface area contributed by atoms with Gasteiger partial charge in [0.15, 0.2) is 0 Å². The van der Waals surface area contributed by atoms with Gasteiger partial charge in [-0.15, -0.1) is 0 Å². The van der Waals surface area contributed by atoms with Crippen LogP contribution >= 0.6 is 0 Å². The molecule has 1 saturated heterocycles. The molecule has 1 aromatic rings. The maximum atomic E-state index is 11.5. The first-order valence-corrected chi connectivity index (χ1v) is 6.48. The Bertz CT molecular complexity index is 418. The Labute approximate surface area is 95.2 Å². The van der Waals surface area contributed by atoms with Crippen molar-refractivity contribution in [3.8, 4) is 0 Å². The van der Waals surface area contributed by atoms with E-state index >= 15 is 0 Å². The van der Waals surface area contributed by atoms with Crippen molar-refractivity contribution in [3.63, 3.8) is 0 Å². The average molecular weight is 243 g/mol. The Morgan fingerprint density at radius 2 is 2.50 bits per heavy atom. The maximum Gasteiger partial charge on any atom is 0.321 e. The van der Waals surface area contributed by atoms with E-state index < -0.39 is 10.8 Å². The SMILES string of the molecule is Cc1cc(NC(=O)NC2CCS(=O)C2)on1. The van der Waals surface area contributed by atoms with Crippen LogP contribution in [0.4, 0.5) is 10.7 Å². The van der Waals surface area contributed by atoms with Crippen molar-refractivity contribution in [2.75, 3.05) is 16.8 Å². The van der Waals surface area contributed by atoms with Gasteiger partial charge in [-0.05, 0) is 13.3 Å². The number of carbonyl (C=O) groups is 1. The van der Waals surface area contributed by atoms with Crippen LogP contribution in [0.2, 0.25) is 0 Å². The fourth-order valence-electron chi connectivity index (χ4n) is 1.53. The molecule has 2 N–H and O–H groups in total. The van der Waals surface area contributed by atoms with Crippen molar-refractivity contribution in [2.24, 2.45) is 0 Å². The fraction of sp³-hybridized carbons (Fsp3) is 0.556. The van der Waals surface area contributed by atoms with E-state index in [0.29, 0.717) is 23.1 Å². The lowest BCUT2D eigenvalue weighted by atomic mass is 10.3. The van der Waals surface area contributed by atoms with E-state index in [1.807, 2.05) is 0 Å². The van der Waals surface area contributed by atoms with E-state index in [2.05, 4.69) is 15.8 Å². The van der Waals surface area contributed by atoms with Crippen molar-refractivity contribution < 1.29 is 13.5 Å². The van der Waals surface area contributed by atoms with Gasteiger partial charge in [0.05, 0.1) is 5.69 Å². The quantitative estimate of drug-likeness (QED) is 0.797. The zero-order valence-corrected chi connectivity index (χ0v) is 9.67. The second-order valence-corrected chi connectivity index (χ2v) is 5.35. The van der Waals surface area contributed by atoms with Gasteiger partial charge in [0.2, 0.25) is 5.88 Å². The zero-order chi connectivity index (χ0) is 11.5. The van der Waals surface area contributed by atoms with Gasteiger partial charge in [-0.3, -0.25) is 9.53 Å². The second-order valence-electron chi connectivity index (χ2n) is 3.73. The third-order valence-electron chi connectivity index (χ3n) is 2.28. The number of aryl methyl sites for hydroxylation is 1. The minimum absolute atomic E-state index is 0.00940. The summed E-state index contributed by atoms with van der Waals surface area (Å²) in [6, 6.07) is 1.27. The van der Waals surface area contributed by atoms with Crippen LogP contribution in [0.15, 0.2) is 10.6 Å². The van der Waals surface area contributed by atoms with Gasteiger partial charge in [0.25, 0.3) is 0 Å². The standard InChI is InChI=1S/C9H13N3O3S/c1-6-4-8(15-12-6)11-9(13)10-7-2-3-16(14)5-7/h4,7H,2-3,5H2,1H3,(H2,10,11,13). The topological polar surface area (TPSA) is 84.2 Å². The molecule has 0 spiro atoms. The summed E-state index contributed by atoms with van der Waals surface area (Å²) >= 11 is 0. The molecule has 2 rings (SSSR count). The molecule has 0 aliphatic carbocycles. The monoisotopic (exact) mass is 243 g/mol. The Morgan fingerprint density at radius 3 is 3.06 bits per heavy atom. The van der Waals surface area contributed by atoms with E-state index in [0.717, 1.165) is 6.42 Å². The molecule has 1 fully saturated rings. The molecule has 0 bridgehead atoms. The minimum Gasteiger partial charge on any atom is -0.338 e. The molecular formula is C9H13N3O3S.